The predicted octanol–water partition coefficient (Wildman–Crippen LogP) is 4.59. The molecule has 1 aromatic carbocycles. The number of halogens is 3. The Morgan fingerprint density at radius 2 is 1.72 bits per heavy atom. The van der Waals surface area contributed by atoms with Crippen LogP contribution in [0.5, 0.6) is 0 Å². The molecule has 0 atom stereocenters. The Kier molecular flexibility index (Phi) is 2.90. The summed E-state index contributed by atoms with van der Waals surface area (Å²) in [5.74, 6) is 0.640. The number of fused-ring (bicyclic) bond motifs is 1. The molecule has 2 heterocycles. The van der Waals surface area contributed by atoms with Crippen LogP contribution in [0.25, 0.3) is 22.6 Å². The number of benzene rings is 1. The smallest absolute Gasteiger partial charge is 0.179 e. The first-order valence-electron chi connectivity index (χ1n) is 5.12. The van der Waals surface area contributed by atoms with Crippen molar-refractivity contribution >= 4 is 46.0 Å². The second-order valence-electron chi connectivity index (χ2n) is 3.70. The Morgan fingerprint density at radius 1 is 0.944 bits per heavy atom. The first-order valence-corrected chi connectivity index (χ1v) is 6.25. The van der Waals surface area contributed by atoms with Crippen molar-refractivity contribution in [1.82, 2.24) is 15.0 Å². The number of rotatable bonds is 1. The summed E-state index contributed by atoms with van der Waals surface area (Å²) in [5.41, 5.74) is 2.04. The molecule has 0 spiro atoms. The highest BCUT2D eigenvalue weighted by Gasteiger charge is 2.11. The molecule has 0 radical (unpaired) electrons. The minimum Gasteiger partial charge on any atom is -0.336 e. The van der Waals surface area contributed by atoms with Gasteiger partial charge in [0.05, 0.1) is 15.6 Å². The van der Waals surface area contributed by atoms with E-state index in [1.54, 1.807) is 12.1 Å². The third kappa shape index (κ3) is 1.94. The maximum absolute atomic E-state index is 6.12. The molecule has 0 aliphatic heterocycles. The fourth-order valence-corrected chi connectivity index (χ4v) is 2.19. The number of imidazole rings is 1. The molecule has 0 fully saturated rings. The molecule has 3 nitrogen and oxygen atoms in total. The van der Waals surface area contributed by atoms with Crippen molar-refractivity contribution in [3.05, 3.63) is 45.5 Å². The molecular weight excluding hydrogens is 293 g/mol. The van der Waals surface area contributed by atoms with Crippen molar-refractivity contribution in [1.29, 1.82) is 0 Å². The zero-order valence-electron chi connectivity index (χ0n) is 8.92. The van der Waals surface area contributed by atoms with Gasteiger partial charge in [-0.3, -0.25) is 0 Å². The van der Waals surface area contributed by atoms with Gasteiger partial charge in [-0.25, -0.2) is 9.97 Å². The maximum atomic E-state index is 6.12. The van der Waals surface area contributed by atoms with E-state index in [4.69, 9.17) is 34.8 Å². The highest BCUT2D eigenvalue weighted by molar-refractivity contribution is 6.41. The lowest BCUT2D eigenvalue weighted by Gasteiger charge is -1.98. The predicted molar refractivity (Wildman–Crippen MR) is 74.4 cm³/mol. The number of aromatic amines is 1. The van der Waals surface area contributed by atoms with Crippen LogP contribution in [-0.2, 0) is 0 Å². The van der Waals surface area contributed by atoms with Gasteiger partial charge in [-0.2, -0.15) is 0 Å². The van der Waals surface area contributed by atoms with Crippen LogP contribution in [0.15, 0.2) is 30.3 Å². The minimum absolute atomic E-state index is 0.237. The summed E-state index contributed by atoms with van der Waals surface area (Å²) < 4.78 is 0. The molecule has 0 bridgehead atoms. The third-order valence-electron chi connectivity index (χ3n) is 2.51. The van der Waals surface area contributed by atoms with E-state index in [0.717, 1.165) is 11.1 Å². The summed E-state index contributed by atoms with van der Waals surface area (Å²) in [6, 6.07) is 9.13. The van der Waals surface area contributed by atoms with Gasteiger partial charge < -0.3 is 4.98 Å². The van der Waals surface area contributed by atoms with Gasteiger partial charge in [0.1, 0.15) is 11.0 Å². The largest absolute Gasteiger partial charge is 0.336 e. The van der Waals surface area contributed by atoms with Gasteiger partial charge in [-0.15, -0.1) is 0 Å². The van der Waals surface area contributed by atoms with Gasteiger partial charge in [0.15, 0.2) is 5.65 Å². The van der Waals surface area contributed by atoms with E-state index < -0.39 is 0 Å². The maximum Gasteiger partial charge on any atom is 0.179 e. The quantitative estimate of drug-likeness (QED) is 0.668. The van der Waals surface area contributed by atoms with Crippen LogP contribution >= 0.6 is 34.8 Å². The molecule has 0 saturated heterocycles. The molecule has 0 aliphatic carbocycles. The second-order valence-corrected chi connectivity index (χ2v) is 4.87. The molecule has 0 unspecified atom stereocenters. The molecule has 0 aliphatic rings. The Hall–Kier alpha value is -1.29. The van der Waals surface area contributed by atoms with E-state index in [9.17, 15) is 0 Å². The van der Waals surface area contributed by atoms with Gasteiger partial charge in [0.25, 0.3) is 0 Å². The molecule has 3 rings (SSSR count). The highest BCUT2D eigenvalue weighted by Crippen LogP contribution is 2.29. The highest BCUT2D eigenvalue weighted by atomic mass is 35.5. The normalized spacial score (nSPS) is 11.1. The van der Waals surface area contributed by atoms with Gasteiger partial charge in [0.2, 0.25) is 0 Å². The average Bonchev–Trinajstić information content (AvgIpc) is 2.73. The third-order valence-corrected chi connectivity index (χ3v) is 3.52. The number of nitrogens with one attached hydrogen (secondary N) is 1. The first-order chi connectivity index (χ1) is 8.65. The second kappa shape index (κ2) is 4.43. The SMILES string of the molecule is Clc1ccccc1-c1nc2nc(Cl)c(Cl)cc2[nH]1. The van der Waals surface area contributed by atoms with E-state index >= 15 is 0 Å². The fraction of sp³-hybridized carbons (Fsp3) is 0. The van der Waals surface area contributed by atoms with Crippen LogP contribution in [0, 0.1) is 0 Å². The summed E-state index contributed by atoms with van der Waals surface area (Å²) in [6.07, 6.45) is 0. The number of hydrogen-bond acceptors (Lipinski definition) is 2. The number of H-pyrrole nitrogens is 1. The molecule has 18 heavy (non-hydrogen) atoms. The van der Waals surface area contributed by atoms with Crippen LogP contribution in [0.2, 0.25) is 15.2 Å². The van der Waals surface area contributed by atoms with Gasteiger partial charge in [-0.1, -0.05) is 46.9 Å². The van der Waals surface area contributed by atoms with Crippen molar-refractivity contribution in [3.8, 4) is 11.4 Å². The number of pyridine rings is 1. The van der Waals surface area contributed by atoms with Crippen molar-refractivity contribution < 1.29 is 0 Å². The van der Waals surface area contributed by atoms with Gasteiger partial charge in [-0.05, 0) is 18.2 Å². The molecule has 6 heteroatoms. The zero-order valence-corrected chi connectivity index (χ0v) is 11.2. The number of hydrogen-bond donors (Lipinski definition) is 1. The Labute approximate surface area is 118 Å². The Morgan fingerprint density at radius 3 is 2.50 bits per heavy atom. The van der Waals surface area contributed by atoms with Crippen LogP contribution < -0.4 is 0 Å². The molecule has 0 amide bonds. The molecular formula is C12H6Cl3N3. The monoisotopic (exact) mass is 297 g/mol. The van der Waals surface area contributed by atoms with E-state index in [1.165, 1.54) is 0 Å². The average molecular weight is 299 g/mol. The summed E-state index contributed by atoms with van der Waals surface area (Å²) in [6.45, 7) is 0. The summed E-state index contributed by atoms with van der Waals surface area (Å²) in [4.78, 5) is 11.6. The lowest BCUT2D eigenvalue weighted by atomic mass is 10.2. The van der Waals surface area contributed by atoms with Crippen molar-refractivity contribution in [3.63, 3.8) is 0 Å². The van der Waals surface area contributed by atoms with E-state index in [0.29, 0.717) is 21.5 Å². The molecule has 1 N–H and O–H groups in total. The van der Waals surface area contributed by atoms with E-state index in [2.05, 4.69) is 15.0 Å². The van der Waals surface area contributed by atoms with Crippen molar-refractivity contribution in [2.24, 2.45) is 0 Å². The standard InChI is InChI=1S/C12H6Cl3N3/c13-7-4-2-1-3-6(7)11-16-9-5-8(14)10(15)17-12(9)18-11/h1-5H,(H,16,17,18). The Bertz CT molecular complexity index is 698. The summed E-state index contributed by atoms with van der Waals surface area (Å²) in [7, 11) is 0. The first kappa shape index (κ1) is 11.8. The fourth-order valence-electron chi connectivity index (χ4n) is 1.68. The van der Waals surface area contributed by atoms with Crippen LogP contribution in [-0.4, -0.2) is 15.0 Å². The van der Waals surface area contributed by atoms with E-state index in [-0.39, 0.29) is 5.15 Å². The number of aromatic nitrogens is 3. The van der Waals surface area contributed by atoms with Crippen molar-refractivity contribution in [2.75, 3.05) is 0 Å². The lowest BCUT2D eigenvalue weighted by molar-refractivity contribution is 1.30. The Balaban J connectivity index is 2.23. The zero-order chi connectivity index (χ0) is 12.7. The van der Waals surface area contributed by atoms with E-state index in [1.807, 2.05) is 18.2 Å². The molecule has 3 aromatic rings. The molecule has 0 saturated carbocycles. The van der Waals surface area contributed by atoms with Crippen LogP contribution in [0.3, 0.4) is 0 Å². The number of nitrogens with zero attached hydrogens (tertiary/aromatic N) is 2. The van der Waals surface area contributed by atoms with Gasteiger partial charge in [0, 0.05) is 5.56 Å². The topological polar surface area (TPSA) is 41.6 Å². The van der Waals surface area contributed by atoms with Crippen LogP contribution in [0.1, 0.15) is 0 Å². The minimum atomic E-state index is 0.237. The van der Waals surface area contributed by atoms with Crippen LogP contribution in [0.4, 0.5) is 0 Å². The summed E-state index contributed by atoms with van der Waals surface area (Å²) >= 11 is 17.9. The lowest BCUT2D eigenvalue weighted by Crippen LogP contribution is -1.81. The molecule has 2 aromatic heterocycles. The summed E-state index contributed by atoms with van der Waals surface area (Å²) in [5, 5.41) is 1.24. The van der Waals surface area contributed by atoms with Crippen molar-refractivity contribution in [2.45, 2.75) is 0 Å². The molecule has 90 valence electrons. The van der Waals surface area contributed by atoms with Gasteiger partial charge >= 0.3 is 0 Å².